The number of hydrogen-bond donors (Lipinski definition) is 1. The molecular formula is C19H23ClN4O2. The van der Waals surface area contributed by atoms with E-state index in [1.807, 2.05) is 31.2 Å². The maximum absolute atomic E-state index is 12.4. The monoisotopic (exact) mass is 374 g/mol. The fraction of sp³-hybridized carbons (Fsp3) is 0.368. The van der Waals surface area contributed by atoms with Crippen LogP contribution in [0.1, 0.15) is 5.56 Å². The number of methoxy groups -OCH3 is 1. The van der Waals surface area contributed by atoms with Crippen molar-refractivity contribution >= 4 is 29.0 Å². The van der Waals surface area contributed by atoms with Gasteiger partial charge in [-0.15, -0.1) is 0 Å². The number of aryl methyl sites for hydroxylation is 1. The van der Waals surface area contributed by atoms with Crippen LogP contribution >= 0.6 is 11.6 Å². The Hall–Kier alpha value is -2.31. The first kappa shape index (κ1) is 18.5. The first-order valence-corrected chi connectivity index (χ1v) is 8.97. The van der Waals surface area contributed by atoms with E-state index in [0.717, 1.165) is 37.6 Å². The van der Waals surface area contributed by atoms with Crippen molar-refractivity contribution in [3.63, 3.8) is 0 Å². The lowest BCUT2D eigenvalue weighted by Gasteiger charge is -2.35. The van der Waals surface area contributed by atoms with E-state index in [-0.39, 0.29) is 5.91 Å². The number of carbonyl (C=O) groups is 1. The Bertz CT molecular complexity index is 762. The van der Waals surface area contributed by atoms with Crippen LogP contribution in [0.25, 0.3) is 0 Å². The van der Waals surface area contributed by atoms with E-state index in [9.17, 15) is 4.79 Å². The second-order valence-electron chi connectivity index (χ2n) is 6.30. The van der Waals surface area contributed by atoms with Crippen molar-refractivity contribution in [1.29, 1.82) is 0 Å². The molecule has 0 spiro atoms. The van der Waals surface area contributed by atoms with Gasteiger partial charge in [-0.1, -0.05) is 17.7 Å². The summed E-state index contributed by atoms with van der Waals surface area (Å²) in [5.74, 6) is 1.49. The maximum Gasteiger partial charge on any atom is 0.238 e. The summed E-state index contributed by atoms with van der Waals surface area (Å²) >= 11 is 6.11. The topological polar surface area (TPSA) is 57.7 Å². The molecule has 0 saturated carbocycles. The summed E-state index contributed by atoms with van der Waals surface area (Å²) in [4.78, 5) is 21.2. The molecule has 7 heteroatoms. The second kappa shape index (κ2) is 8.38. The zero-order chi connectivity index (χ0) is 18.5. The van der Waals surface area contributed by atoms with Gasteiger partial charge < -0.3 is 15.0 Å². The van der Waals surface area contributed by atoms with E-state index in [4.69, 9.17) is 16.3 Å². The van der Waals surface area contributed by atoms with Crippen LogP contribution in [0, 0.1) is 6.92 Å². The first-order valence-electron chi connectivity index (χ1n) is 8.59. The summed E-state index contributed by atoms with van der Waals surface area (Å²) in [6, 6.07) is 9.47. The molecule has 0 radical (unpaired) electrons. The fourth-order valence-electron chi connectivity index (χ4n) is 3.00. The highest BCUT2D eigenvalue weighted by molar-refractivity contribution is 6.31. The minimum absolute atomic E-state index is 0.0590. The lowest BCUT2D eigenvalue weighted by molar-refractivity contribution is -0.117. The van der Waals surface area contributed by atoms with Gasteiger partial charge in [-0.3, -0.25) is 9.69 Å². The lowest BCUT2D eigenvalue weighted by atomic mass is 10.2. The molecule has 2 aromatic rings. The highest BCUT2D eigenvalue weighted by Crippen LogP contribution is 2.30. The van der Waals surface area contributed by atoms with Crippen molar-refractivity contribution in [2.75, 3.05) is 50.1 Å². The normalized spacial score (nSPS) is 15.0. The van der Waals surface area contributed by atoms with E-state index < -0.39 is 0 Å². The van der Waals surface area contributed by atoms with Gasteiger partial charge in [0, 0.05) is 43.5 Å². The van der Waals surface area contributed by atoms with E-state index in [1.165, 1.54) is 0 Å². The minimum Gasteiger partial charge on any atom is -0.495 e. The third-order valence-corrected chi connectivity index (χ3v) is 4.87. The summed E-state index contributed by atoms with van der Waals surface area (Å²) in [6.45, 7) is 5.60. The van der Waals surface area contributed by atoms with Crippen LogP contribution in [-0.2, 0) is 4.79 Å². The summed E-state index contributed by atoms with van der Waals surface area (Å²) < 4.78 is 5.31. The second-order valence-corrected chi connectivity index (χ2v) is 6.71. The quantitative estimate of drug-likeness (QED) is 0.872. The molecule has 0 unspecified atom stereocenters. The summed E-state index contributed by atoms with van der Waals surface area (Å²) in [5.41, 5.74) is 1.54. The molecule has 1 aliphatic rings. The van der Waals surface area contributed by atoms with Crippen molar-refractivity contribution in [3.05, 3.63) is 47.1 Å². The molecule has 1 aliphatic heterocycles. The molecule has 1 aromatic heterocycles. The van der Waals surface area contributed by atoms with Crippen LogP contribution < -0.4 is 15.0 Å². The van der Waals surface area contributed by atoms with Crippen LogP contribution in [0.4, 0.5) is 11.5 Å². The van der Waals surface area contributed by atoms with Gasteiger partial charge in [0.05, 0.1) is 19.3 Å². The molecule has 0 aliphatic carbocycles. The Morgan fingerprint density at radius 1 is 1.27 bits per heavy atom. The number of rotatable bonds is 5. The Morgan fingerprint density at radius 3 is 2.69 bits per heavy atom. The molecule has 1 N–H and O–H groups in total. The predicted octanol–water partition coefficient (Wildman–Crippen LogP) is 2.81. The van der Waals surface area contributed by atoms with Gasteiger partial charge in [-0.05, 0) is 30.7 Å². The van der Waals surface area contributed by atoms with Gasteiger partial charge in [-0.25, -0.2) is 4.98 Å². The minimum atomic E-state index is -0.0590. The zero-order valence-electron chi connectivity index (χ0n) is 15.0. The molecule has 1 fully saturated rings. The smallest absolute Gasteiger partial charge is 0.238 e. The van der Waals surface area contributed by atoms with E-state index >= 15 is 0 Å². The molecule has 138 valence electrons. The van der Waals surface area contributed by atoms with E-state index in [2.05, 4.69) is 20.1 Å². The molecule has 1 aromatic carbocycles. The van der Waals surface area contributed by atoms with Crippen molar-refractivity contribution in [1.82, 2.24) is 9.88 Å². The van der Waals surface area contributed by atoms with Gasteiger partial charge in [0.1, 0.15) is 11.6 Å². The van der Waals surface area contributed by atoms with Gasteiger partial charge >= 0.3 is 0 Å². The molecule has 2 heterocycles. The number of nitrogens with zero attached hydrogens (tertiary/aromatic N) is 3. The number of nitrogens with one attached hydrogen (secondary N) is 1. The first-order chi connectivity index (χ1) is 12.6. The number of halogens is 1. The van der Waals surface area contributed by atoms with Crippen LogP contribution in [0.3, 0.4) is 0 Å². The number of pyridine rings is 1. The molecule has 0 atom stereocenters. The highest BCUT2D eigenvalue weighted by Gasteiger charge is 2.20. The number of benzene rings is 1. The Balaban J connectivity index is 1.54. The Labute approximate surface area is 158 Å². The number of carbonyl (C=O) groups excluding carboxylic acids is 1. The van der Waals surface area contributed by atoms with Crippen molar-refractivity contribution in [2.24, 2.45) is 0 Å². The van der Waals surface area contributed by atoms with Gasteiger partial charge in [0.25, 0.3) is 0 Å². The number of ether oxygens (including phenoxy) is 1. The molecule has 26 heavy (non-hydrogen) atoms. The number of piperazine rings is 1. The lowest BCUT2D eigenvalue weighted by Crippen LogP contribution is -2.48. The third-order valence-electron chi connectivity index (χ3n) is 4.47. The SMILES string of the molecule is COc1cc(Cl)c(C)cc1NC(=O)CN1CCN(c2ccccn2)CC1. The van der Waals surface area contributed by atoms with Crippen molar-refractivity contribution < 1.29 is 9.53 Å². The van der Waals surface area contributed by atoms with Gasteiger partial charge in [0.2, 0.25) is 5.91 Å². The van der Waals surface area contributed by atoms with E-state index in [0.29, 0.717) is 23.0 Å². The van der Waals surface area contributed by atoms with Crippen LogP contribution in [0.2, 0.25) is 5.02 Å². The third kappa shape index (κ3) is 4.45. The molecule has 1 saturated heterocycles. The van der Waals surface area contributed by atoms with Crippen LogP contribution in [-0.4, -0.2) is 55.6 Å². The predicted molar refractivity (Wildman–Crippen MR) is 104 cm³/mol. The van der Waals surface area contributed by atoms with Crippen LogP contribution in [0.5, 0.6) is 5.75 Å². The average molecular weight is 375 g/mol. The molecule has 6 nitrogen and oxygen atoms in total. The largest absolute Gasteiger partial charge is 0.495 e. The number of amides is 1. The number of aromatic nitrogens is 1. The average Bonchev–Trinajstić information content (AvgIpc) is 2.66. The van der Waals surface area contributed by atoms with Crippen molar-refractivity contribution in [3.8, 4) is 5.75 Å². The highest BCUT2D eigenvalue weighted by atomic mass is 35.5. The fourth-order valence-corrected chi connectivity index (χ4v) is 3.15. The van der Waals surface area contributed by atoms with Gasteiger partial charge in [-0.2, -0.15) is 0 Å². The van der Waals surface area contributed by atoms with Gasteiger partial charge in [0.15, 0.2) is 0 Å². The molecule has 3 rings (SSSR count). The molecule has 1 amide bonds. The molecular weight excluding hydrogens is 352 g/mol. The van der Waals surface area contributed by atoms with Crippen molar-refractivity contribution in [2.45, 2.75) is 6.92 Å². The number of anilines is 2. The van der Waals surface area contributed by atoms with E-state index in [1.54, 1.807) is 19.4 Å². The zero-order valence-corrected chi connectivity index (χ0v) is 15.8. The standard InChI is InChI=1S/C19H23ClN4O2/c1-14-11-16(17(26-2)12-15(14)20)22-19(25)13-23-7-9-24(10-8-23)18-5-3-4-6-21-18/h3-6,11-12H,7-10,13H2,1-2H3,(H,22,25). The summed E-state index contributed by atoms with van der Waals surface area (Å²) in [6.07, 6.45) is 1.80. The maximum atomic E-state index is 12.4. The molecule has 0 bridgehead atoms. The summed E-state index contributed by atoms with van der Waals surface area (Å²) in [5, 5.41) is 3.55. The van der Waals surface area contributed by atoms with Crippen LogP contribution in [0.15, 0.2) is 36.5 Å². The Morgan fingerprint density at radius 2 is 2.04 bits per heavy atom. The number of hydrogen-bond acceptors (Lipinski definition) is 5. The summed E-state index contributed by atoms with van der Waals surface area (Å²) in [7, 11) is 1.56. The Kier molecular flexibility index (Phi) is 5.96.